The van der Waals surface area contributed by atoms with Crippen molar-refractivity contribution in [1.82, 2.24) is 10.6 Å². The van der Waals surface area contributed by atoms with Crippen molar-refractivity contribution in [1.29, 1.82) is 0 Å². The first-order valence-electron chi connectivity index (χ1n) is 6.24. The summed E-state index contributed by atoms with van der Waals surface area (Å²) in [5, 5.41) is 6.38. The van der Waals surface area contributed by atoms with E-state index in [0.717, 1.165) is 18.7 Å². The molecule has 2 N–H and O–H groups in total. The number of piperidine rings is 1. The molecule has 0 aromatic carbocycles. The molecule has 17 heavy (non-hydrogen) atoms. The van der Waals surface area contributed by atoms with E-state index in [0.29, 0.717) is 11.7 Å². The number of nitrogens with one attached hydrogen (secondary N) is 2. The maximum Gasteiger partial charge on any atom is 0.287 e. The van der Waals surface area contributed by atoms with Gasteiger partial charge in [-0.3, -0.25) is 4.79 Å². The Bertz CT molecular complexity index is 381. The summed E-state index contributed by atoms with van der Waals surface area (Å²) < 4.78 is 5.19. The van der Waals surface area contributed by atoms with E-state index in [1.165, 1.54) is 12.8 Å². The minimum absolute atomic E-state index is 0.106. The fraction of sp³-hybridized carbons (Fsp3) is 0.615. The lowest BCUT2D eigenvalue weighted by molar-refractivity contribution is 0.0893. The molecule has 2 heterocycles. The van der Waals surface area contributed by atoms with Crippen molar-refractivity contribution in [2.24, 2.45) is 5.92 Å². The molecule has 4 heteroatoms. The maximum absolute atomic E-state index is 12.0. The highest BCUT2D eigenvalue weighted by atomic mass is 16.3. The van der Waals surface area contributed by atoms with E-state index in [1.807, 2.05) is 13.0 Å². The van der Waals surface area contributed by atoms with Crippen LogP contribution in [0.2, 0.25) is 0 Å². The van der Waals surface area contributed by atoms with Crippen LogP contribution in [0.4, 0.5) is 0 Å². The Morgan fingerprint density at radius 2 is 2.47 bits per heavy atom. The molecule has 2 unspecified atom stereocenters. The highest BCUT2D eigenvalue weighted by Crippen LogP contribution is 2.15. The largest absolute Gasteiger partial charge is 0.459 e. The molecule has 1 aliphatic rings. The number of furan rings is 1. The maximum atomic E-state index is 12.0. The van der Waals surface area contributed by atoms with E-state index < -0.39 is 0 Å². The normalized spacial score (nSPS) is 22.1. The van der Waals surface area contributed by atoms with Gasteiger partial charge in [0.15, 0.2) is 5.76 Å². The molecule has 1 fully saturated rings. The van der Waals surface area contributed by atoms with E-state index in [9.17, 15) is 4.79 Å². The topological polar surface area (TPSA) is 54.3 Å². The molecule has 1 aliphatic heterocycles. The number of rotatable bonds is 3. The summed E-state index contributed by atoms with van der Waals surface area (Å²) in [4.78, 5) is 12.0. The van der Waals surface area contributed by atoms with Gasteiger partial charge in [0.2, 0.25) is 0 Å². The number of hydrogen-bond acceptors (Lipinski definition) is 3. The lowest BCUT2D eigenvalue weighted by Gasteiger charge is -2.28. The Kier molecular flexibility index (Phi) is 3.84. The van der Waals surface area contributed by atoms with Crippen molar-refractivity contribution < 1.29 is 9.21 Å². The monoisotopic (exact) mass is 236 g/mol. The number of hydrogen-bond donors (Lipinski definition) is 2. The van der Waals surface area contributed by atoms with E-state index in [4.69, 9.17) is 4.42 Å². The van der Waals surface area contributed by atoms with Crippen molar-refractivity contribution in [2.45, 2.75) is 32.7 Å². The zero-order valence-electron chi connectivity index (χ0n) is 10.5. The summed E-state index contributed by atoms with van der Waals surface area (Å²) in [6, 6.07) is 1.99. The molecular weight excluding hydrogens is 216 g/mol. The Morgan fingerprint density at radius 3 is 3.06 bits per heavy atom. The first-order chi connectivity index (χ1) is 8.18. The van der Waals surface area contributed by atoms with Crippen LogP contribution >= 0.6 is 0 Å². The molecule has 94 valence electrons. The van der Waals surface area contributed by atoms with Crippen molar-refractivity contribution >= 4 is 5.91 Å². The first-order valence-corrected chi connectivity index (χ1v) is 6.24. The molecule has 0 radical (unpaired) electrons. The van der Waals surface area contributed by atoms with Gasteiger partial charge in [-0.15, -0.1) is 0 Å². The molecule has 0 aliphatic carbocycles. The van der Waals surface area contributed by atoms with Crippen LogP contribution in [-0.4, -0.2) is 25.0 Å². The zero-order valence-corrected chi connectivity index (χ0v) is 10.5. The van der Waals surface area contributed by atoms with Crippen LogP contribution in [0.15, 0.2) is 16.7 Å². The molecule has 2 rings (SSSR count). The molecule has 0 spiro atoms. The van der Waals surface area contributed by atoms with Gasteiger partial charge in [-0.05, 0) is 51.8 Å². The lowest BCUT2D eigenvalue weighted by Crippen LogP contribution is -2.44. The quantitative estimate of drug-likeness (QED) is 0.840. The van der Waals surface area contributed by atoms with Crippen LogP contribution in [0.25, 0.3) is 0 Å². The second kappa shape index (κ2) is 5.36. The summed E-state index contributed by atoms with van der Waals surface area (Å²) in [7, 11) is 0. The summed E-state index contributed by atoms with van der Waals surface area (Å²) >= 11 is 0. The fourth-order valence-corrected chi connectivity index (χ4v) is 2.30. The molecule has 4 nitrogen and oxygen atoms in total. The Labute approximate surface area is 102 Å². The van der Waals surface area contributed by atoms with Gasteiger partial charge >= 0.3 is 0 Å². The summed E-state index contributed by atoms with van der Waals surface area (Å²) in [6.07, 6.45) is 3.91. The number of amides is 1. The van der Waals surface area contributed by atoms with Crippen LogP contribution in [-0.2, 0) is 0 Å². The fourth-order valence-electron chi connectivity index (χ4n) is 2.30. The van der Waals surface area contributed by atoms with Crippen molar-refractivity contribution in [3.8, 4) is 0 Å². The van der Waals surface area contributed by atoms with E-state index in [2.05, 4.69) is 17.6 Å². The smallest absolute Gasteiger partial charge is 0.287 e. The summed E-state index contributed by atoms with van der Waals surface area (Å²) in [5.41, 5.74) is 0.886. The van der Waals surface area contributed by atoms with Crippen LogP contribution in [0.1, 0.15) is 35.9 Å². The average molecular weight is 236 g/mol. The Balaban J connectivity index is 1.92. The van der Waals surface area contributed by atoms with E-state index >= 15 is 0 Å². The standard InChI is InChI=1S/C13H20N2O2/c1-9-5-7-17-12(9)13(16)15-10(2)11-4-3-6-14-8-11/h5,7,10-11,14H,3-4,6,8H2,1-2H3,(H,15,16). The first kappa shape index (κ1) is 12.2. The van der Waals surface area contributed by atoms with E-state index in [-0.39, 0.29) is 11.9 Å². The van der Waals surface area contributed by atoms with Crippen LogP contribution in [0, 0.1) is 12.8 Å². The van der Waals surface area contributed by atoms with Gasteiger partial charge in [0.25, 0.3) is 5.91 Å². The molecule has 1 aromatic heterocycles. The van der Waals surface area contributed by atoms with Gasteiger partial charge in [-0.1, -0.05) is 0 Å². The Hall–Kier alpha value is -1.29. The minimum Gasteiger partial charge on any atom is -0.459 e. The molecule has 0 saturated carbocycles. The van der Waals surface area contributed by atoms with Crippen LogP contribution < -0.4 is 10.6 Å². The highest BCUT2D eigenvalue weighted by molar-refractivity contribution is 5.92. The molecular formula is C13H20N2O2. The van der Waals surface area contributed by atoms with Crippen molar-refractivity contribution in [2.75, 3.05) is 13.1 Å². The molecule has 0 bridgehead atoms. The van der Waals surface area contributed by atoms with Crippen LogP contribution in [0.3, 0.4) is 0 Å². The van der Waals surface area contributed by atoms with Gasteiger partial charge in [-0.2, -0.15) is 0 Å². The second-order valence-corrected chi connectivity index (χ2v) is 4.80. The van der Waals surface area contributed by atoms with E-state index in [1.54, 1.807) is 6.26 Å². The minimum atomic E-state index is -0.106. The predicted octanol–water partition coefficient (Wildman–Crippen LogP) is 1.71. The second-order valence-electron chi connectivity index (χ2n) is 4.80. The number of aryl methyl sites for hydroxylation is 1. The van der Waals surface area contributed by atoms with Crippen LogP contribution in [0.5, 0.6) is 0 Å². The van der Waals surface area contributed by atoms with Gasteiger partial charge in [-0.25, -0.2) is 0 Å². The third-order valence-electron chi connectivity index (χ3n) is 3.47. The molecule has 1 saturated heterocycles. The number of carbonyl (C=O) groups excluding carboxylic acids is 1. The van der Waals surface area contributed by atoms with Gasteiger partial charge in [0, 0.05) is 11.6 Å². The highest BCUT2D eigenvalue weighted by Gasteiger charge is 2.23. The third kappa shape index (κ3) is 2.88. The zero-order chi connectivity index (χ0) is 12.3. The molecule has 1 aromatic rings. The Morgan fingerprint density at radius 1 is 1.65 bits per heavy atom. The SMILES string of the molecule is Cc1ccoc1C(=O)NC(C)C1CCCNC1. The average Bonchev–Trinajstić information content (AvgIpc) is 2.76. The predicted molar refractivity (Wildman–Crippen MR) is 66.0 cm³/mol. The molecule has 2 atom stereocenters. The summed E-state index contributed by atoms with van der Waals surface area (Å²) in [5.74, 6) is 0.842. The number of carbonyl (C=O) groups is 1. The van der Waals surface area contributed by atoms with Gasteiger partial charge in [0.1, 0.15) is 0 Å². The third-order valence-corrected chi connectivity index (χ3v) is 3.47. The van der Waals surface area contributed by atoms with Crippen molar-refractivity contribution in [3.63, 3.8) is 0 Å². The van der Waals surface area contributed by atoms with Gasteiger partial charge < -0.3 is 15.1 Å². The molecule has 1 amide bonds. The van der Waals surface area contributed by atoms with Crippen molar-refractivity contribution in [3.05, 3.63) is 23.7 Å². The summed E-state index contributed by atoms with van der Waals surface area (Å²) in [6.45, 7) is 6.02. The lowest BCUT2D eigenvalue weighted by atomic mass is 9.93. The van der Waals surface area contributed by atoms with Gasteiger partial charge in [0.05, 0.1) is 6.26 Å².